The van der Waals surface area contributed by atoms with E-state index in [0.29, 0.717) is 39.7 Å². The van der Waals surface area contributed by atoms with Gasteiger partial charge in [-0.3, -0.25) is 0 Å². The zero-order valence-corrected chi connectivity index (χ0v) is 18.4. The van der Waals surface area contributed by atoms with Crippen LogP contribution >= 0.6 is 0 Å². The van der Waals surface area contributed by atoms with E-state index in [1.165, 1.54) is 7.11 Å². The van der Waals surface area contributed by atoms with Crippen molar-refractivity contribution in [1.82, 2.24) is 0 Å². The van der Waals surface area contributed by atoms with Gasteiger partial charge in [-0.25, -0.2) is 4.79 Å². The van der Waals surface area contributed by atoms with Crippen molar-refractivity contribution in [3.63, 3.8) is 0 Å². The Kier molecular flexibility index (Phi) is 6.38. The molecule has 3 aromatic carbocycles. The van der Waals surface area contributed by atoms with E-state index in [4.69, 9.17) is 23.7 Å². The first-order valence-electron chi connectivity index (χ1n) is 9.99. The maximum atomic E-state index is 11.6. The van der Waals surface area contributed by atoms with Gasteiger partial charge in [0.25, 0.3) is 0 Å². The molecular formula is C27H20O6. The largest absolute Gasteiger partial charge is 0.495 e. The number of carbonyl (C=O) groups excluding carboxylic acids is 1. The monoisotopic (exact) mass is 440 g/mol. The van der Waals surface area contributed by atoms with Crippen molar-refractivity contribution in [3.8, 4) is 46.7 Å². The normalized spacial score (nSPS) is 10.9. The minimum absolute atomic E-state index is 0.214. The molecule has 0 amide bonds. The van der Waals surface area contributed by atoms with Crippen LogP contribution in [0.5, 0.6) is 23.0 Å². The van der Waals surface area contributed by atoms with Crippen LogP contribution in [0.2, 0.25) is 0 Å². The summed E-state index contributed by atoms with van der Waals surface area (Å²) in [5, 5.41) is 0. The molecular weight excluding hydrogens is 420 g/mol. The zero-order chi connectivity index (χ0) is 23.2. The Morgan fingerprint density at radius 3 is 1.97 bits per heavy atom. The van der Waals surface area contributed by atoms with Gasteiger partial charge in [0.2, 0.25) is 6.79 Å². The van der Waals surface area contributed by atoms with E-state index in [1.807, 2.05) is 24.3 Å². The van der Waals surface area contributed by atoms with E-state index in [-0.39, 0.29) is 6.79 Å². The van der Waals surface area contributed by atoms with Gasteiger partial charge in [0.1, 0.15) is 11.5 Å². The Morgan fingerprint density at radius 2 is 1.33 bits per heavy atom. The lowest BCUT2D eigenvalue weighted by Gasteiger charge is -2.09. The number of methoxy groups -OCH3 is 3. The predicted octanol–water partition coefficient (Wildman–Crippen LogP) is 4.02. The first-order valence-corrected chi connectivity index (χ1v) is 9.99. The van der Waals surface area contributed by atoms with Crippen molar-refractivity contribution in [3.05, 3.63) is 82.4 Å². The average molecular weight is 440 g/mol. The summed E-state index contributed by atoms with van der Waals surface area (Å²) in [6.07, 6.45) is 0. The van der Waals surface area contributed by atoms with Crippen LogP contribution in [0.4, 0.5) is 0 Å². The Balaban J connectivity index is 1.66. The van der Waals surface area contributed by atoms with Gasteiger partial charge in [0, 0.05) is 17.2 Å². The fraction of sp³-hybridized carbons (Fsp3) is 0.148. The van der Waals surface area contributed by atoms with Crippen LogP contribution in [0, 0.1) is 23.7 Å². The van der Waals surface area contributed by atoms with Crippen molar-refractivity contribution in [1.29, 1.82) is 0 Å². The van der Waals surface area contributed by atoms with Gasteiger partial charge in [0.05, 0.1) is 38.0 Å². The summed E-state index contributed by atoms with van der Waals surface area (Å²) in [5.74, 6) is 14.6. The fourth-order valence-electron chi connectivity index (χ4n) is 3.16. The van der Waals surface area contributed by atoms with Crippen LogP contribution < -0.4 is 18.9 Å². The molecule has 0 aliphatic carbocycles. The van der Waals surface area contributed by atoms with Crippen LogP contribution in [-0.4, -0.2) is 34.1 Å². The number of carbonyl (C=O) groups is 1. The van der Waals surface area contributed by atoms with E-state index in [9.17, 15) is 4.79 Å². The summed E-state index contributed by atoms with van der Waals surface area (Å²) in [7, 11) is 4.50. The van der Waals surface area contributed by atoms with E-state index in [0.717, 1.165) is 11.1 Å². The topological polar surface area (TPSA) is 63.2 Å². The number of esters is 1. The molecule has 0 spiro atoms. The van der Waals surface area contributed by atoms with Crippen molar-refractivity contribution in [2.45, 2.75) is 0 Å². The Labute approximate surface area is 192 Å². The molecule has 0 radical (unpaired) electrons. The van der Waals surface area contributed by atoms with Crippen molar-refractivity contribution >= 4 is 5.97 Å². The van der Waals surface area contributed by atoms with E-state index in [1.54, 1.807) is 44.6 Å². The minimum atomic E-state index is -0.392. The number of rotatable bonds is 3. The van der Waals surface area contributed by atoms with Crippen LogP contribution in [0.15, 0.2) is 54.6 Å². The third-order valence-corrected chi connectivity index (χ3v) is 4.88. The summed E-state index contributed by atoms with van der Waals surface area (Å²) < 4.78 is 26.5. The van der Waals surface area contributed by atoms with Gasteiger partial charge in [-0.2, -0.15) is 0 Å². The summed E-state index contributed by atoms with van der Waals surface area (Å²) in [4.78, 5) is 11.6. The molecule has 164 valence electrons. The fourth-order valence-corrected chi connectivity index (χ4v) is 3.16. The number of benzene rings is 3. The third kappa shape index (κ3) is 4.87. The first kappa shape index (κ1) is 21.7. The van der Waals surface area contributed by atoms with Crippen molar-refractivity contribution < 1.29 is 28.5 Å². The Bertz CT molecular complexity index is 1320. The van der Waals surface area contributed by atoms with E-state index in [2.05, 4.69) is 23.7 Å². The maximum absolute atomic E-state index is 11.6. The SMILES string of the molecule is COC(=O)c1ccc(C#Cc2cc(C#Cc3ccc4c(c3)OCO4)c(OC)cc2OC)cc1. The standard InChI is InChI=1S/C27H20O6/c1-29-24-16-25(30-2)22(12-7-19-8-13-23-26(14-19)33-17-32-23)15-21(24)11-6-18-4-9-20(10-5-18)27(28)31-3/h4-5,8-10,13-16H,17H2,1-3H3. The molecule has 0 saturated carbocycles. The molecule has 6 heteroatoms. The maximum Gasteiger partial charge on any atom is 0.337 e. The molecule has 1 heterocycles. The van der Waals surface area contributed by atoms with Crippen LogP contribution in [0.3, 0.4) is 0 Å². The molecule has 1 aliphatic rings. The molecule has 4 rings (SSSR count). The highest BCUT2D eigenvalue weighted by molar-refractivity contribution is 5.89. The van der Waals surface area contributed by atoms with E-state index < -0.39 is 5.97 Å². The Hall–Kier alpha value is -4.55. The summed E-state index contributed by atoms with van der Waals surface area (Å²) >= 11 is 0. The number of hydrogen-bond acceptors (Lipinski definition) is 6. The van der Waals surface area contributed by atoms with Crippen LogP contribution in [-0.2, 0) is 4.74 Å². The van der Waals surface area contributed by atoms with Crippen molar-refractivity contribution in [2.24, 2.45) is 0 Å². The van der Waals surface area contributed by atoms with Gasteiger partial charge in [-0.1, -0.05) is 23.7 Å². The molecule has 0 aromatic heterocycles. The van der Waals surface area contributed by atoms with Gasteiger partial charge < -0.3 is 23.7 Å². The molecule has 0 atom stereocenters. The van der Waals surface area contributed by atoms with Gasteiger partial charge in [-0.05, 0) is 48.5 Å². The molecule has 0 unspecified atom stereocenters. The average Bonchev–Trinajstić information content (AvgIpc) is 3.33. The summed E-state index contributed by atoms with van der Waals surface area (Å²) in [6.45, 7) is 0.214. The lowest BCUT2D eigenvalue weighted by atomic mass is 10.1. The zero-order valence-electron chi connectivity index (χ0n) is 18.4. The quantitative estimate of drug-likeness (QED) is 0.453. The second kappa shape index (κ2) is 9.72. The van der Waals surface area contributed by atoms with Gasteiger partial charge in [0.15, 0.2) is 11.5 Å². The lowest BCUT2D eigenvalue weighted by molar-refractivity contribution is 0.0600. The Morgan fingerprint density at radius 1 is 0.727 bits per heavy atom. The summed E-state index contributed by atoms with van der Waals surface area (Å²) in [5.41, 5.74) is 3.32. The molecule has 0 N–H and O–H groups in total. The van der Waals surface area contributed by atoms with Crippen LogP contribution in [0.1, 0.15) is 32.6 Å². The molecule has 0 fully saturated rings. The number of hydrogen-bond donors (Lipinski definition) is 0. The molecule has 1 aliphatic heterocycles. The van der Waals surface area contributed by atoms with Gasteiger partial charge >= 0.3 is 5.97 Å². The predicted molar refractivity (Wildman–Crippen MR) is 122 cm³/mol. The highest BCUT2D eigenvalue weighted by Gasteiger charge is 2.13. The highest BCUT2D eigenvalue weighted by atomic mass is 16.7. The number of ether oxygens (including phenoxy) is 5. The molecule has 0 saturated heterocycles. The molecule has 0 bridgehead atoms. The third-order valence-electron chi connectivity index (χ3n) is 4.88. The molecule has 33 heavy (non-hydrogen) atoms. The van der Waals surface area contributed by atoms with Gasteiger partial charge in [-0.15, -0.1) is 0 Å². The van der Waals surface area contributed by atoms with Crippen LogP contribution in [0.25, 0.3) is 0 Å². The summed E-state index contributed by atoms with van der Waals surface area (Å²) in [6, 6.07) is 16.0. The molecule has 6 nitrogen and oxygen atoms in total. The van der Waals surface area contributed by atoms with E-state index >= 15 is 0 Å². The smallest absolute Gasteiger partial charge is 0.337 e. The second-order valence-electron chi connectivity index (χ2n) is 6.89. The lowest BCUT2D eigenvalue weighted by Crippen LogP contribution is -2.00. The first-order chi connectivity index (χ1) is 16.1. The molecule has 3 aromatic rings. The minimum Gasteiger partial charge on any atom is -0.495 e. The second-order valence-corrected chi connectivity index (χ2v) is 6.89. The highest BCUT2D eigenvalue weighted by Crippen LogP contribution is 2.32. The number of fused-ring (bicyclic) bond motifs is 1. The van der Waals surface area contributed by atoms with Crippen molar-refractivity contribution in [2.75, 3.05) is 28.1 Å².